The predicted octanol–water partition coefficient (Wildman–Crippen LogP) is 0.805. The Morgan fingerprint density at radius 1 is 1.13 bits per heavy atom. The van der Waals surface area contributed by atoms with Crippen molar-refractivity contribution in [3.63, 3.8) is 0 Å². The molecule has 30 heavy (non-hydrogen) atoms. The fourth-order valence-electron chi connectivity index (χ4n) is 8.93. The Bertz CT molecular complexity index is 794. The lowest BCUT2D eigenvalue weighted by Gasteiger charge is -2.74. The van der Waals surface area contributed by atoms with Crippen molar-refractivity contribution < 1.29 is 34.8 Å². The fraction of sp³-hybridized carbons (Fsp3) is 0.913. The minimum Gasteiger partial charge on any atom is -0.393 e. The molecule has 0 amide bonds. The van der Waals surface area contributed by atoms with Gasteiger partial charge in [-0.2, -0.15) is 0 Å². The first-order chi connectivity index (χ1) is 13.9. The Labute approximate surface area is 176 Å². The van der Waals surface area contributed by atoms with E-state index in [1.807, 2.05) is 0 Å². The summed E-state index contributed by atoms with van der Waals surface area (Å²) in [5.74, 6) is -4.80. The Balaban J connectivity index is 1.70. The van der Waals surface area contributed by atoms with E-state index in [0.717, 1.165) is 12.8 Å². The van der Waals surface area contributed by atoms with Crippen LogP contribution in [0.15, 0.2) is 0 Å². The first-order valence-electron chi connectivity index (χ1n) is 11.4. The lowest BCUT2D eigenvalue weighted by molar-refractivity contribution is -0.456. The van der Waals surface area contributed by atoms with Crippen molar-refractivity contribution in [2.24, 2.45) is 39.9 Å². The fourth-order valence-corrected chi connectivity index (χ4v) is 8.93. The second kappa shape index (κ2) is 6.13. The van der Waals surface area contributed by atoms with Crippen LogP contribution in [0, 0.1) is 39.9 Å². The van der Waals surface area contributed by atoms with Gasteiger partial charge in [0.1, 0.15) is 17.3 Å². The monoisotopic (exact) mass is 422 g/mol. The molecule has 2 saturated heterocycles. The number of ketones is 2. The van der Waals surface area contributed by atoms with Crippen molar-refractivity contribution in [2.45, 2.75) is 83.4 Å². The third-order valence-corrected chi connectivity index (χ3v) is 9.74. The molecule has 168 valence electrons. The summed E-state index contributed by atoms with van der Waals surface area (Å²) in [7, 11) is 0. The highest BCUT2D eigenvalue weighted by atomic mass is 16.6. The Hall–Kier alpha value is -0.860. The maximum absolute atomic E-state index is 14.0. The van der Waals surface area contributed by atoms with Gasteiger partial charge in [0.2, 0.25) is 5.79 Å². The summed E-state index contributed by atoms with van der Waals surface area (Å²) in [5, 5.41) is 46.2. The lowest BCUT2D eigenvalue weighted by Crippen LogP contribution is -2.85. The Morgan fingerprint density at radius 3 is 2.50 bits per heavy atom. The number of fused-ring (bicyclic) bond motifs is 2. The molecule has 6 fully saturated rings. The molecule has 4 saturated carbocycles. The van der Waals surface area contributed by atoms with Gasteiger partial charge in [0.25, 0.3) is 0 Å². The van der Waals surface area contributed by atoms with Crippen molar-refractivity contribution in [3.05, 3.63) is 0 Å². The maximum atomic E-state index is 14.0. The van der Waals surface area contributed by atoms with E-state index in [2.05, 4.69) is 13.8 Å². The Morgan fingerprint density at radius 2 is 1.83 bits per heavy atom. The molecule has 0 radical (unpaired) electrons. The predicted molar refractivity (Wildman–Crippen MR) is 105 cm³/mol. The van der Waals surface area contributed by atoms with Crippen molar-refractivity contribution in [3.8, 4) is 0 Å². The summed E-state index contributed by atoms with van der Waals surface area (Å²) in [5.41, 5.74) is -2.73. The summed E-state index contributed by atoms with van der Waals surface area (Å²) in [4.78, 5) is 25.5. The number of Topliss-reactive ketones (excluding diaryl/α,β-unsaturated/α-hetero) is 2. The molecule has 4 aliphatic carbocycles. The molecule has 0 aromatic carbocycles. The van der Waals surface area contributed by atoms with Crippen LogP contribution >= 0.6 is 0 Å². The van der Waals surface area contributed by atoms with E-state index in [1.54, 1.807) is 0 Å². The number of aliphatic hydroxyl groups excluding tert-OH is 3. The molecular formula is C23H34O7. The second-order valence-electron chi connectivity index (χ2n) is 11.5. The molecule has 0 unspecified atom stereocenters. The molecule has 2 spiro atoms. The van der Waals surface area contributed by atoms with Gasteiger partial charge in [0.05, 0.1) is 18.8 Å². The highest BCUT2D eigenvalue weighted by Crippen LogP contribution is 2.76. The van der Waals surface area contributed by atoms with Gasteiger partial charge in [0.15, 0.2) is 5.78 Å². The summed E-state index contributed by atoms with van der Waals surface area (Å²) in [6.45, 7) is 5.77. The van der Waals surface area contributed by atoms with E-state index >= 15 is 0 Å². The van der Waals surface area contributed by atoms with E-state index in [-0.39, 0.29) is 48.8 Å². The van der Waals surface area contributed by atoms with Crippen LogP contribution in [0.4, 0.5) is 0 Å². The minimum atomic E-state index is -2.24. The summed E-state index contributed by atoms with van der Waals surface area (Å²) >= 11 is 0. The molecular weight excluding hydrogens is 388 g/mol. The summed E-state index contributed by atoms with van der Waals surface area (Å²) < 4.78 is 5.93. The zero-order valence-corrected chi connectivity index (χ0v) is 18.0. The van der Waals surface area contributed by atoms with Crippen LogP contribution in [0.2, 0.25) is 0 Å². The number of carbonyl (C=O) groups is 2. The number of hydrogen-bond acceptors (Lipinski definition) is 7. The summed E-state index contributed by atoms with van der Waals surface area (Å²) in [6.07, 6.45) is -0.217. The van der Waals surface area contributed by atoms with Crippen LogP contribution < -0.4 is 0 Å². The zero-order chi connectivity index (χ0) is 21.9. The van der Waals surface area contributed by atoms with Crippen LogP contribution in [0.1, 0.15) is 59.3 Å². The van der Waals surface area contributed by atoms with Crippen LogP contribution in [0.3, 0.4) is 0 Å². The normalized spacial score (nSPS) is 55.8. The first kappa shape index (κ1) is 21.0. The smallest absolute Gasteiger partial charge is 0.208 e. The molecule has 6 rings (SSSR count). The molecule has 2 heterocycles. The lowest BCUT2D eigenvalue weighted by atomic mass is 9.36. The van der Waals surface area contributed by atoms with Crippen LogP contribution in [-0.2, 0) is 14.3 Å². The molecule has 6 aliphatic rings. The third kappa shape index (κ3) is 2.09. The van der Waals surface area contributed by atoms with E-state index in [4.69, 9.17) is 4.74 Å². The molecule has 4 N–H and O–H groups in total. The van der Waals surface area contributed by atoms with Gasteiger partial charge in [-0.05, 0) is 43.9 Å². The number of ether oxygens (including phenoxy) is 1. The largest absolute Gasteiger partial charge is 0.393 e. The number of aliphatic hydroxyl groups is 4. The van der Waals surface area contributed by atoms with Gasteiger partial charge in [-0.1, -0.05) is 20.3 Å². The standard InChI is InChI=1S/C23H34O7/c1-11(24)5-6-12-13-9-14(25)15-21-8-4-7-20(2,3)16(21)19(28)23(29,30-10-21)22(15,17(12)26)18(13)27/h12-16,18-19,25,27-29H,4-10H2,1-3H3/t12-,13+,14+,15+,16-,18-,19+,21-,22+,23-/m1/s1. The topological polar surface area (TPSA) is 124 Å². The highest BCUT2D eigenvalue weighted by molar-refractivity contribution is 5.93. The minimum absolute atomic E-state index is 0.0406. The average molecular weight is 423 g/mol. The first-order valence-corrected chi connectivity index (χ1v) is 11.4. The number of hydrogen-bond donors (Lipinski definition) is 4. The van der Waals surface area contributed by atoms with Gasteiger partial charge in [0, 0.05) is 29.6 Å². The molecule has 0 aromatic heterocycles. The SMILES string of the molecule is CC(=O)CC[C@H]1C(=O)[C@]23[C@H](O)[C@H]1C[C@H](O)[C@H]2[C@]12CCCC(C)(C)[C@H]1[C@H](O)[C@@]3(O)OC2. The zero-order valence-electron chi connectivity index (χ0n) is 18.0. The van der Waals surface area contributed by atoms with E-state index < -0.39 is 52.7 Å². The van der Waals surface area contributed by atoms with Gasteiger partial charge in [-0.25, -0.2) is 0 Å². The van der Waals surface area contributed by atoms with Gasteiger partial charge >= 0.3 is 0 Å². The summed E-state index contributed by atoms with van der Waals surface area (Å²) in [6, 6.07) is 0. The second-order valence-corrected chi connectivity index (χ2v) is 11.5. The van der Waals surface area contributed by atoms with Gasteiger partial charge < -0.3 is 30.0 Å². The van der Waals surface area contributed by atoms with Crippen LogP contribution in [0.25, 0.3) is 0 Å². The molecule has 0 aromatic rings. The molecule has 7 nitrogen and oxygen atoms in total. The third-order valence-electron chi connectivity index (χ3n) is 9.74. The van der Waals surface area contributed by atoms with Gasteiger partial charge in [-0.15, -0.1) is 0 Å². The average Bonchev–Trinajstić information content (AvgIpc) is 2.77. The quantitative estimate of drug-likeness (QED) is 0.530. The molecule has 2 aliphatic heterocycles. The van der Waals surface area contributed by atoms with Crippen LogP contribution in [-0.4, -0.2) is 62.7 Å². The number of carbonyl (C=O) groups excluding carboxylic acids is 2. The van der Waals surface area contributed by atoms with E-state index in [0.29, 0.717) is 6.42 Å². The number of rotatable bonds is 3. The van der Waals surface area contributed by atoms with Crippen molar-refractivity contribution in [1.82, 2.24) is 0 Å². The van der Waals surface area contributed by atoms with Crippen molar-refractivity contribution >= 4 is 11.6 Å². The van der Waals surface area contributed by atoms with E-state index in [1.165, 1.54) is 6.92 Å². The van der Waals surface area contributed by atoms with Crippen LogP contribution in [0.5, 0.6) is 0 Å². The Kier molecular flexibility index (Phi) is 4.29. The molecule has 7 heteroatoms. The van der Waals surface area contributed by atoms with Crippen molar-refractivity contribution in [2.75, 3.05) is 6.61 Å². The molecule has 10 atom stereocenters. The van der Waals surface area contributed by atoms with Gasteiger partial charge in [-0.3, -0.25) is 4.79 Å². The maximum Gasteiger partial charge on any atom is 0.208 e. The van der Waals surface area contributed by atoms with E-state index in [9.17, 15) is 30.0 Å². The van der Waals surface area contributed by atoms with Crippen molar-refractivity contribution in [1.29, 1.82) is 0 Å². The molecule has 4 bridgehead atoms. The highest BCUT2D eigenvalue weighted by Gasteiger charge is 2.87.